The summed E-state index contributed by atoms with van der Waals surface area (Å²) in [5, 5.41) is 4.53. The highest BCUT2D eigenvalue weighted by atomic mass is 32.2. The van der Waals surface area contributed by atoms with Gasteiger partial charge in [0.1, 0.15) is 12.4 Å². The number of rotatable bonds is 6. The molecule has 26 heavy (non-hydrogen) atoms. The average Bonchev–Trinajstić information content (AvgIpc) is 3.13. The molecule has 0 aliphatic heterocycles. The topological polar surface area (TPSA) is 85.4 Å². The fraction of sp³-hybridized carbons (Fsp3) is 0.111. The summed E-state index contributed by atoms with van der Waals surface area (Å²) in [7, 11) is -3.45. The van der Waals surface area contributed by atoms with Crippen LogP contribution in [0.1, 0.15) is 16.1 Å². The van der Waals surface area contributed by atoms with E-state index in [1.54, 1.807) is 48.0 Å². The van der Waals surface area contributed by atoms with E-state index in [0.717, 1.165) is 11.9 Å². The highest BCUT2D eigenvalue weighted by Crippen LogP contribution is 2.22. The van der Waals surface area contributed by atoms with E-state index in [1.165, 1.54) is 17.4 Å². The Morgan fingerprint density at radius 1 is 1.19 bits per heavy atom. The largest absolute Gasteiger partial charge is 0.487 e. The van der Waals surface area contributed by atoms with Crippen molar-refractivity contribution in [3.05, 3.63) is 70.7 Å². The second-order valence-corrected chi connectivity index (χ2v) is 8.22. The number of sulfone groups is 1. The van der Waals surface area contributed by atoms with Crippen LogP contribution in [0.5, 0.6) is 5.75 Å². The van der Waals surface area contributed by atoms with Crippen LogP contribution < -0.4 is 10.1 Å². The van der Waals surface area contributed by atoms with Crippen molar-refractivity contribution in [2.45, 2.75) is 11.5 Å². The summed E-state index contributed by atoms with van der Waals surface area (Å²) < 4.78 is 29.3. The molecule has 3 aromatic rings. The first-order valence-corrected chi connectivity index (χ1v) is 10.5. The van der Waals surface area contributed by atoms with Gasteiger partial charge in [0.15, 0.2) is 9.84 Å². The molecule has 0 bridgehead atoms. The van der Waals surface area contributed by atoms with Crippen LogP contribution in [0.2, 0.25) is 0 Å². The van der Waals surface area contributed by atoms with Crippen molar-refractivity contribution in [1.29, 1.82) is 0 Å². The average molecular weight is 388 g/mol. The number of ether oxygens (including phenoxy) is 1. The van der Waals surface area contributed by atoms with Crippen molar-refractivity contribution >= 4 is 32.8 Å². The Kier molecular flexibility index (Phi) is 5.34. The molecule has 0 atom stereocenters. The zero-order valence-electron chi connectivity index (χ0n) is 13.9. The van der Waals surface area contributed by atoms with Gasteiger partial charge in [-0.25, -0.2) is 13.4 Å². The number of para-hydroxylation sites is 1. The standard InChI is InChI=1S/C18H16N2O4S2/c1-26(22,23)17-8-3-2-7-16(17)20-18(21)13-5-4-6-15(9-13)24-10-14-11-25-12-19-14/h2-9,11-12H,10H2,1H3,(H,20,21). The number of nitrogens with one attached hydrogen (secondary N) is 1. The van der Waals surface area contributed by atoms with E-state index < -0.39 is 15.7 Å². The summed E-state index contributed by atoms with van der Waals surface area (Å²) in [4.78, 5) is 16.7. The number of thiazole rings is 1. The molecule has 0 aliphatic rings. The first-order valence-electron chi connectivity index (χ1n) is 7.64. The normalized spacial score (nSPS) is 11.1. The lowest BCUT2D eigenvalue weighted by atomic mass is 10.2. The van der Waals surface area contributed by atoms with Gasteiger partial charge in [0.05, 0.1) is 21.8 Å². The molecule has 0 radical (unpaired) electrons. The number of anilines is 1. The van der Waals surface area contributed by atoms with Gasteiger partial charge in [0.25, 0.3) is 5.91 Å². The lowest BCUT2D eigenvalue weighted by Crippen LogP contribution is -2.14. The van der Waals surface area contributed by atoms with E-state index in [1.807, 2.05) is 5.38 Å². The van der Waals surface area contributed by atoms with Gasteiger partial charge in [0.2, 0.25) is 0 Å². The third-order valence-electron chi connectivity index (χ3n) is 3.50. The number of nitrogens with zero attached hydrogens (tertiary/aromatic N) is 1. The molecule has 0 spiro atoms. The maximum absolute atomic E-state index is 12.5. The van der Waals surface area contributed by atoms with Crippen LogP contribution in [0, 0.1) is 0 Å². The van der Waals surface area contributed by atoms with Gasteiger partial charge in [-0.05, 0) is 30.3 Å². The van der Waals surface area contributed by atoms with Crippen LogP contribution in [0.25, 0.3) is 0 Å². The Labute approximate surface area is 155 Å². The summed E-state index contributed by atoms with van der Waals surface area (Å²) in [6.45, 7) is 0.311. The van der Waals surface area contributed by atoms with Crippen LogP contribution in [0.4, 0.5) is 5.69 Å². The van der Waals surface area contributed by atoms with Crippen LogP contribution in [-0.2, 0) is 16.4 Å². The highest BCUT2D eigenvalue weighted by molar-refractivity contribution is 7.90. The van der Waals surface area contributed by atoms with Crippen LogP contribution in [-0.4, -0.2) is 25.6 Å². The molecule has 2 aromatic carbocycles. The zero-order chi connectivity index (χ0) is 18.6. The van der Waals surface area contributed by atoms with Gasteiger partial charge in [0, 0.05) is 17.2 Å². The molecule has 0 fully saturated rings. The van der Waals surface area contributed by atoms with Crippen molar-refractivity contribution in [2.24, 2.45) is 0 Å². The van der Waals surface area contributed by atoms with E-state index in [4.69, 9.17) is 4.74 Å². The minimum atomic E-state index is -3.45. The smallest absolute Gasteiger partial charge is 0.255 e. The summed E-state index contributed by atoms with van der Waals surface area (Å²) in [6.07, 6.45) is 1.10. The molecule has 1 heterocycles. The van der Waals surface area contributed by atoms with Crippen molar-refractivity contribution < 1.29 is 17.9 Å². The minimum absolute atomic E-state index is 0.0734. The zero-order valence-corrected chi connectivity index (χ0v) is 15.5. The third-order valence-corrected chi connectivity index (χ3v) is 5.29. The maximum atomic E-state index is 12.5. The number of amides is 1. The van der Waals surface area contributed by atoms with Gasteiger partial charge >= 0.3 is 0 Å². The Morgan fingerprint density at radius 2 is 2.00 bits per heavy atom. The molecule has 0 aliphatic carbocycles. The predicted octanol–water partition coefficient (Wildman–Crippen LogP) is 3.38. The molecule has 0 saturated heterocycles. The predicted molar refractivity (Wildman–Crippen MR) is 100 cm³/mol. The van der Waals surface area contributed by atoms with Gasteiger partial charge < -0.3 is 10.1 Å². The molecule has 0 saturated carbocycles. The van der Waals surface area contributed by atoms with Crippen LogP contribution in [0.15, 0.2) is 64.3 Å². The molecule has 1 amide bonds. The summed E-state index contributed by atoms with van der Waals surface area (Å²) in [6, 6.07) is 13.0. The monoisotopic (exact) mass is 388 g/mol. The van der Waals surface area contributed by atoms with E-state index in [-0.39, 0.29) is 10.6 Å². The molecular formula is C18H16N2O4S2. The Balaban J connectivity index is 1.76. The van der Waals surface area contributed by atoms with Crippen LogP contribution >= 0.6 is 11.3 Å². The van der Waals surface area contributed by atoms with E-state index in [0.29, 0.717) is 17.9 Å². The molecule has 3 rings (SSSR count). The first-order chi connectivity index (χ1) is 12.4. The molecule has 0 unspecified atom stereocenters. The second-order valence-electron chi connectivity index (χ2n) is 5.52. The summed E-state index contributed by atoms with van der Waals surface area (Å²) in [5.74, 6) is 0.113. The number of benzene rings is 2. The van der Waals surface area contributed by atoms with Crippen molar-refractivity contribution in [3.8, 4) is 5.75 Å². The van der Waals surface area contributed by atoms with E-state index in [2.05, 4.69) is 10.3 Å². The number of carbonyl (C=O) groups excluding carboxylic acids is 1. The van der Waals surface area contributed by atoms with Crippen LogP contribution in [0.3, 0.4) is 0 Å². The Morgan fingerprint density at radius 3 is 2.73 bits per heavy atom. The fourth-order valence-electron chi connectivity index (χ4n) is 2.28. The van der Waals surface area contributed by atoms with Crippen molar-refractivity contribution in [3.63, 3.8) is 0 Å². The van der Waals surface area contributed by atoms with E-state index >= 15 is 0 Å². The SMILES string of the molecule is CS(=O)(=O)c1ccccc1NC(=O)c1cccc(OCc2cscn2)c1. The van der Waals surface area contributed by atoms with Crippen molar-refractivity contribution in [1.82, 2.24) is 4.98 Å². The summed E-state index contributed by atoms with van der Waals surface area (Å²) in [5.41, 5.74) is 3.15. The van der Waals surface area contributed by atoms with Crippen molar-refractivity contribution in [2.75, 3.05) is 11.6 Å². The number of aromatic nitrogens is 1. The van der Waals surface area contributed by atoms with Gasteiger partial charge in [-0.3, -0.25) is 4.79 Å². The first kappa shape index (κ1) is 18.1. The highest BCUT2D eigenvalue weighted by Gasteiger charge is 2.15. The molecule has 134 valence electrons. The number of hydrogen-bond donors (Lipinski definition) is 1. The Hall–Kier alpha value is -2.71. The third kappa shape index (κ3) is 4.47. The lowest BCUT2D eigenvalue weighted by Gasteiger charge is -2.11. The quantitative estimate of drug-likeness (QED) is 0.700. The molecule has 6 nitrogen and oxygen atoms in total. The second kappa shape index (κ2) is 7.67. The van der Waals surface area contributed by atoms with Gasteiger partial charge in [-0.2, -0.15) is 0 Å². The minimum Gasteiger partial charge on any atom is -0.487 e. The maximum Gasteiger partial charge on any atom is 0.255 e. The number of hydrogen-bond acceptors (Lipinski definition) is 6. The molecule has 1 aromatic heterocycles. The Bertz CT molecular complexity index is 1020. The lowest BCUT2D eigenvalue weighted by molar-refractivity contribution is 0.102. The van der Waals surface area contributed by atoms with Gasteiger partial charge in [-0.15, -0.1) is 11.3 Å². The molecule has 8 heteroatoms. The van der Waals surface area contributed by atoms with E-state index in [9.17, 15) is 13.2 Å². The number of carbonyl (C=O) groups is 1. The molecule has 1 N–H and O–H groups in total. The fourth-order valence-corrected chi connectivity index (χ4v) is 3.67. The van der Waals surface area contributed by atoms with Gasteiger partial charge in [-0.1, -0.05) is 18.2 Å². The molecular weight excluding hydrogens is 372 g/mol. The summed E-state index contributed by atoms with van der Waals surface area (Å²) >= 11 is 1.48.